The van der Waals surface area contributed by atoms with E-state index in [0.717, 1.165) is 42.3 Å². The lowest BCUT2D eigenvalue weighted by Crippen LogP contribution is -2.27. The number of pyridine rings is 1. The van der Waals surface area contributed by atoms with Crippen molar-refractivity contribution >= 4 is 35.0 Å². The minimum absolute atomic E-state index is 0.0375. The molecule has 1 aliphatic heterocycles. The van der Waals surface area contributed by atoms with E-state index in [4.69, 9.17) is 0 Å². The first-order valence-corrected chi connectivity index (χ1v) is 9.97. The van der Waals surface area contributed by atoms with E-state index in [1.165, 1.54) is 11.8 Å². The zero-order valence-electron chi connectivity index (χ0n) is 15.6. The SMILES string of the molecule is CN(C)c1ccc(NC(=O)CSc2ccc(C(=O)N3CCCC3)cn2)cc1. The van der Waals surface area contributed by atoms with Gasteiger partial charge in [-0.05, 0) is 49.2 Å². The first-order valence-electron chi connectivity index (χ1n) is 8.98. The Morgan fingerprint density at radius 2 is 1.81 bits per heavy atom. The summed E-state index contributed by atoms with van der Waals surface area (Å²) >= 11 is 1.35. The van der Waals surface area contributed by atoms with Crippen LogP contribution in [0.3, 0.4) is 0 Å². The van der Waals surface area contributed by atoms with Gasteiger partial charge in [-0.1, -0.05) is 11.8 Å². The molecule has 2 aromatic rings. The molecule has 1 aliphatic rings. The zero-order valence-corrected chi connectivity index (χ0v) is 16.5. The zero-order chi connectivity index (χ0) is 19.2. The number of benzene rings is 1. The van der Waals surface area contributed by atoms with Crippen LogP contribution in [0.15, 0.2) is 47.6 Å². The molecule has 27 heavy (non-hydrogen) atoms. The highest BCUT2D eigenvalue weighted by atomic mass is 32.2. The van der Waals surface area contributed by atoms with E-state index < -0.39 is 0 Å². The number of hydrogen-bond donors (Lipinski definition) is 1. The van der Waals surface area contributed by atoms with E-state index in [9.17, 15) is 9.59 Å². The van der Waals surface area contributed by atoms with E-state index in [1.807, 2.05) is 48.2 Å². The predicted octanol–water partition coefficient (Wildman–Crippen LogP) is 3.11. The van der Waals surface area contributed by atoms with Crippen molar-refractivity contribution in [2.45, 2.75) is 17.9 Å². The van der Waals surface area contributed by atoms with Gasteiger partial charge in [0.15, 0.2) is 0 Å². The topological polar surface area (TPSA) is 65.5 Å². The highest BCUT2D eigenvalue weighted by Gasteiger charge is 2.19. The standard InChI is InChI=1S/C20H24N4O2S/c1-23(2)17-8-6-16(7-9-17)22-18(25)14-27-19-10-5-15(13-21-19)20(26)24-11-3-4-12-24/h5-10,13H,3-4,11-12,14H2,1-2H3,(H,22,25). The second-order valence-corrected chi connectivity index (χ2v) is 7.66. The molecule has 6 nitrogen and oxygen atoms in total. The Morgan fingerprint density at radius 1 is 1.11 bits per heavy atom. The second kappa shape index (κ2) is 8.90. The predicted molar refractivity (Wildman–Crippen MR) is 109 cm³/mol. The van der Waals surface area contributed by atoms with Gasteiger partial charge in [-0.3, -0.25) is 9.59 Å². The lowest BCUT2D eigenvalue weighted by atomic mass is 10.2. The fourth-order valence-electron chi connectivity index (χ4n) is 2.87. The molecule has 1 N–H and O–H groups in total. The van der Waals surface area contributed by atoms with Crippen LogP contribution in [0.4, 0.5) is 11.4 Å². The third-order valence-electron chi connectivity index (χ3n) is 4.40. The number of likely N-dealkylation sites (tertiary alicyclic amines) is 1. The van der Waals surface area contributed by atoms with E-state index >= 15 is 0 Å². The number of nitrogens with zero attached hydrogens (tertiary/aromatic N) is 3. The van der Waals surface area contributed by atoms with Crippen molar-refractivity contribution in [1.82, 2.24) is 9.88 Å². The van der Waals surface area contributed by atoms with E-state index in [1.54, 1.807) is 18.3 Å². The van der Waals surface area contributed by atoms with Crippen LogP contribution >= 0.6 is 11.8 Å². The molecule has 0 spiro atoms. The van der Waals surface area contributed by atoms with Gasteiger partial charge < -0.3 is 15.1 Å². The number of carbonyl (C=O) groups excluding carboxylic acids is 2. The molecule has 142 valence electrons. The summed E-state index contributed by atoms with van der Waals surface area (Å²) in [5.41, 5.74) is 2.45. The highest BCUT2D eigenvalue weighted by Crippen LogP contribution is 2.19. The molecule has 0 bridgehead atoms. The largest absolute Gasteiger partial charge is 0.378 e. The number of thioether (sulfide) groups is 1. The van der Waals surface area contributed by atoms with Gasteiger partial charge in [0.1, 0.15) is 0 Å². The summed E-state index contributed by atoms with van der Waals surface area (Å²) in [6.45, 7) is 1.65. The Labute approximate surface area is 164 Å². The summed E-state index contributed by atoms with van der Waals surface area (Å²) in [6, 6.07) is 11.3. The maximum absolute atomic E-state index is 12.3. The number of rotatable bonds is 6. The van der Waals surface area contributed by atoms with Gasteiger partial charge in [0.25, 0.3) is 5.91 Å². The summed E-state index contributed by atoms with van der Waals surface area (Å²) in [5.74, 6) is 0.217. The number of hydrogen-bond acceptors (Lipinski definition) is 5. The minimum atomic E-state index is -0.0865. The first kappa shape index (κ1) is 19.2. The van der Waals surface area contributed by atoms with Crippen LogP contribution in [0.25, 0.3) is 0 Å². The third-order valence-corrected chi connectivity index (χ3v) is 5.34. The van der Waals surface area contributed by atoms with Crippen LogP contribution in [-0.4, -0.2) is 54.6 Å². The van der Waals surface area contributed by atoms with Gasteiger partial charge in [-0.2, -0.15) is 0 Å². The van der Waals surface area contributed by atoms with Gasteiger partial charge >= 0.3 is 0 Å². The number of nitrogens with one attached hydrogen (secondary N) is 1. The summed E-state index contributed by atoms with van der Waals surface area (Å²) in [5, 5.41) is 3.61. The monoisotopic (exact) mass is 384 g/mol. The molecule has 0 aliphatic carbocycles. The number of aromatic nitrogens is 1. The van der Waals surface area contributed by atoms with Crippen LogP contribution in [0.5, 0.6) is 0 Å². The Morgan fingerprint density at radius 3 is 2.41 bits per heavy atom. The molecule has 2 amide bonds. The van der Waals surface area contributed by atoms with Crippen LogP contribution in [-0.2, 0) is 4.79 Å². The molecule has 3 rings (SSSR count). The normalized spacial score (nSPS) is 13.5. The van der Waals surface area contributed by atoms with E-state index in [2.05, 4.69) is 10.3 Å². The Bertz CT molecular complexity index is 785. The Kier molecular flexibility index (Phi) is 6.34. The quantitative estimate of drug-likeness (QED) is 0.775. The van der Waals surface area contributed by atoms with Gasteiger partial charge in [0.2, 0.25) is 5.91 Å². The summed E-state index contributed by atoms with van der Waals surface area (Å²) in [4.78, 5) is 32.6. The molecule has 0 saturated carbocycles. The van der Waals surface area contributed by atoms with Gasteiger partial charge in [0.05, 0.1) is 16.3 Å². The minimum Gasteiger partial charge on any atom is -0.378 e. The fraction of sp³-hybridized carbons (Fsp3) is 0.350. The van der Waals surface area contributed by atoms with Crippen molar-refractivity contribution < 1.29 is 9.59 Å². The van der Waals surface area contributed by atoms with Crippen molar-refractivity contribution in [3.8, 4) is 0 Å². The molecular formula is C20H24N4O2S. The van der Waals surface area contributed by atoms with Gasteiger partial charge in [0, 0.05) is 44.8 Å². The van der Waals surface area contributed by atoms with Gasteiger partial charge in [-0.15, -0.1) is 0 Å². The lowest BCUT2D eigenvalue weighted by molar-refractivity contribution is -0.113. The molecule has 1 saturated heterocycles. The maximum Gasteiger partial charge on any atom is 0.255 e. The van der Waals surface area contributed by atoms with Crippen LogP contribution in [0.1, 0.15) is 23.2 Å². The lowest BCUT2D eigenvalue weighted by Gasteiger charge is -2.14. The molecular weight excluding hydrogens is 360 g/mol. The van der Waals surface area contributed by atoms with Gasteiger partial charge in [-0.25, -0.2) is 4.98 Å². The Hall–Kier alpha value is -2.54. The van der Waals surface area contributed by atoms with Crippen molar-refractivity contribution in [2.75, 3.05) is 43.2 Å². The number of amides is 2. The van der Waals surface area contributed by atoms with Crippen LogP contribution in [0.2, 0.25) is 0 Å². The third kappa shape index (κ3) is 5.23. The highest BCUT2D eigenvalue weighted by molar-refractivity contribution is 7.99. The second-order valence-electron chi connectivity index (χ2n) is 6.66. The first-order chi connectivity index (χ1) is 13.0. The van der Waals surface area contributed by atoms with Crippen molar-refractivity contribution in [3.63, 3.8) is 0 Å². The molecule has 0 radical (unpaired) electrons. The molecule has 7 heteroatoms. The summed E-state index contributed by atoms with van der Waals surface area (Å²) < 4.78 is 0. The number of anilines is 2. The molecule has 1 aromatic carbocycles. The molecule has 1 aromatic heterocycles. The molecule has 1 fully saturated rings. The van der Waals surface area contributed by atoms with Crippen molar-refractivity contribution in [2.24, 2.45) is 0 Å². The van der Waals surface area contributed by atoms with E-state index in [0.29, 0.717) is 5.56 Å². The average Bonchev–Trinajstić information content (AvgIpc) is 3.21. The average molecular weight is 385 g/mol. The van der Waals surface area contributed by atoms with Crippen LogP contribution in [0, 0.1) is 0 Å². The Balaban J connectivity index is 1.49. The molecule has 2 heterocycles. The maximum atomic E-state index is 12.3. The molecule has 0 unspecified atom stereocenters. The smallest absolute Gasteiger partial charge is 0.255 e. The van der Waals surface area contributed by atoms with Crippen LogP contribution < -0.4 is 10.2 Å². The number of carbonyl (C=O) groups is 2. The van der Waals surface area contributed by atoms with E-state index in [-0.39, 0.29) is 17.6 Å². The summed E-state index contributed by atoms with van der Waals surface area (Å²) in [6.07, 6.45) is 3.74. The molecule has 0 atom stereocenters. The van der Waals surface area contributed by atoms with Crippen molar-refractivity contribution in [1.29, 1.82) is 0 Å². The summed E-state index contributed by atoms with van der Waals surface area (Å²) in [7, 11) is 3.95. The fourth-order valence-corrected chi connectivity index (χ4v) is 3.52. The van der Waals surface area contributed by atoms with Crippen molar-refractivity contribution in [3.05, 3.63) is 48.2 Å².